The van der Waals surface area contributed by atoms with E-state index < -0.39 is 0 Å². The Morgan fingerprint density at radius 1 is 1.29 bits per heavy atom. The van der Waals surface area contributed by atoms with E-state index in [9.17, 15) is 9.59 Å². The van der Waals surface area contributed by atoms with Crippen molar-refractivity contribution in [1.82, 2.24) is 24.6 Å². The van der Waals surface area contributed by atoms with Gasteiger partial charge in [-0.15, -0.1) is 0 Å². The van der Waals surface area contributed by atoms with Crippen molar-refractivity contribution in [3.63, 3.8) is 0 Å². The highest BCUT2D eigenvalue weighted by molar-refractivity contribution is 5.93. The topological polar surface area (TPSA) is 93.1 Å². The van der Waals surface area contributed by atoms with E-state index in [-0.39, 0.29) is 22.9 Å². The number of aromatic nitrogens is 4. The van der Waals surface area contributed by atoms with Gasteiger partial charge < -0.3 is 9.64 Å². The Bertz CT molecular complexity index is 1160. The van der Waals surface area contributed by atoms with Crippen molar-refractivity contribution in [1.29, 1.82) is 0 Å². The molecular formula is C23H29N5O3. The largest absolute Gasteiger partial charge is 0.383 e. The molecule has 1 amide bonds. The van der Waals surface area contributed by atoms with Crippen LogP contribution in [0.5, 0.6) is 0 Å². The number of hydrogen-bond donors (Lipinski definition) is 1. The van der Waals surface area contributed by atoms with Gasteiger partial charge in [-0.25, -0.2) is 4.98 Å². The molecule has 1 atom stereocenters. The van der Waals surface area contributed by atoms with Crippen molar-refractivity contribution < 1.29 is 9.53 Å². The lowest BCUT2D eigenvalue weighted by molar-refractivity contribution is 0.0719. The third-order valence-corrected chi connectivity index (χ3v) is 5.83. The summed E-state index contributed by atoms with van der Waals surface area (Å²) in [5.74, 6) is 0.466. The zero-order valence-electron chi connectivity index (χ0n) is 18.5. The summed E-state index contributed by atoms with van der Waals surface area (Å²) in [5, 5.41) is 7.83. The minimum Gasteiger partial charge on any atom is -0.383 e. The number of carbonyl (C=O) groups excluding carboxylic acids is 1. The normalized spacial score (nSPS) is 16.9. The van der Waals surface area contributed by atoms with E-state index in [0.29, 0.717) is 42.1 Å². The van der Waals surface area contributed by atoms with Crippen LogP contribution in [0.3, 0.4) is 0 Å². The number of nitrogens with zero attached hydrogens (tertiary/aromatic N) is 4. The maximum atomic E-state index is 13.3. The van der Waals surface area contributed by atoms with E-state index in [0.717, 1.165) is 18.5 Å². The van der Waals surface area contributed by atoms with Gasteiger partial charge in [0, 0.05) is 24.8 Å². The molecule has 0 aliphatic carbocycles. The molecule has 1 N–H and O–H groups in total. The Hall–Kier alpha value is -3.00. The molecule has 8 heteroatoms. The predicted molar refractivity (Wildman–Crippen MR) is 118 cm³/mol. The first-order chi connectivity index (χ1) is 14.8. The van der Waals surface area contributed by atoms with Gasteiger partial charge >= 0.3 is 0 Å². The number of amides is 1. The Kier molecular flexibility index (Phi) is 5.66. The Morgan fingerprint density at radius 2 is 2.06 bits per heavy atom. The van der Waals surface area contributed by atoms with Crippen LogP contribution in [0.2, 0.25) is 0 Å². The zero-order chi connectivity index (χ0) is 22.2. The van der Waals surface area contributed by atoms with Crippen LogP contribution in [0.1, 0.15) is 61.7 Å². The molecule has 0 radical (unpaired) electrons. The van der Waals surface area contributed by atoms with Crippen molar-refractivity contribution in [2.24, 2.45) is 0 Å². The Balaban J connectivity index is 1.75. The summed E-state index contributed by atoms with van der Waals surface area (Å²) in [6, 6.07) is 8.87. The number of carbonyl (C=O) groups is 1. The summed E-state index contributed by atoms with van der Waals surface area (Å²) in [5.41, 5.74) is 1.71. The first-order valence-electron chi connectivity index (χ1n) is 10.7. The number of fused-ring (bicyclic) bond motifs is 1. The quantitative estimate of drug-likeness (QED) is 0.681. The molecule has 0 spiro atoms. The fourth-order valence-electron chi connectivity index (χ4n) is 4.08. The minimum absolute atomic E-state index is 0.105. The third kappa shape index (κ3) is 3.99. The average molecular weight is 424 g/mol. The molecule has 3 heterocycles. The van der Waals surface area contributed by atoms with Crippen LogP contribution in [-0.2, 0) is 16.7 Å². The van der Waals surface area contributed by atoms with E-state index in [4.69, 9.17) is 9.72 Å². The molecule has 4 rings (SSSR count). The first kappa shape index (κ1) is 21.2. The number of benzene rings is 1. The summed E-state index contributed by atoms with van der Waals surface area (Å²) in [6.45, 7) is 7.59. The molecule has 1 aliphatic rings. The lowest BCUT2D eigenvalue weighted by atomic mass is 9.92. The van der Waals surface area contributed by atoms with E-state index in [1.807, 2.05) is 24.3 Å². The molecule has 1 aliphatic heterocycles. The van der Waals surface area contributed by atoms with E-state index in [2.05, 4.69) is 31.0 Å². The second-order valence-corrected chi connectivity index (χ2v) is 9.01. The second-order valence-electron chi connectivity index (χ2n) is 9.01. The molecular weight excluding hydrogens is 394 g/mol. The third-order valence-electron chi connectivity index (χ3n) is 5.83. The number of ether oxygens (including phenoxy) is 1. The molecule has 1 saturated heterocycles. The SMILES string of the molecule is COCCn1c(C2CCCN2C(=O)c2cc(C(C)(C)C)[nH]n2)nc2ccccc2c1=O. The number of para-hydroxylation sites is 1. The summed E-state index contributed by atoms with van der Waals surface area (Å²) in [6.07, 6.45) is 1.60. The van der Waals surface area contributed by atoms with Gasteiger partial charge in [0.25, 0.3) is 11.5 Å². The van der Waals surface area contributed by atoms with Crippen LogP contribution >= 0.6 is 0 Å². The number of rotatable bonds is 5. The number of likely N-dealkylation sites (tertiary alicyclic amines) is 1. The van der Waals surface area contributed by atoms with Crippen molar-refractivity contribution >= 4 is 16.8 Å². The van der Waals surface area contributed by atoms with Crippen LogP contribution in [0.4, 0.5) is 0 Å². The number of hydrogen-bond acceptors (Lipinski definition) is 5. The monoisotopic (exact) mass is 423 g/mol. The Labute approximate surface area is 181 Å². The van der Waals surface area contributed by atoms with E-state index >= 15 is 0 Å². The van der Waals surface area contributed by atoms with Crippen LogP contribution in [-0.4, -0.2) is 50.8 Å². The number of aromatic amines is 1. The molecule has 1 aromatic carbocycles. The highest BCUT2D eigenvalue weighted by Crippen LogP contribution is 2.33. The van der Waals surface area contributed by atoms with Gasteiger partial charge in [-0.2, -0.15) is 5.10 Å². The van der Waals surface area contributed by atoms with E-state index in [1.54, 1.807) is 22.6 Å². The van der Waals surface area contributed by atoms with Gasteiger partial charge in [-0.1, -0.05) is 32.9 Å². The lowest BCUT2D eigenvalue weighted by Crippen LogP contribution is -2.36. The van der Waals surface area contributed by atoms with Crippen LogP contribution in [0.25, 0.3) is 10.9 Å². The van der Waals surface area contributed by atoms with Gasteiger partial charge in [0.05, 0.1) is 30.1 Å². The van der Waals surface area contributed by atoms with Gasteiger partial charge in [-0.05, 0) is 31.0 Å². The van der Waals surface area contributed by atoms with Gasteiger partial charge in [-0.3, -0.25) is 19.3 Å². The first-order valence-corrected chi connectivity index (χ1v) is 10.7. The molecule has 164 valence electrons. The lowest BCUT2D eigenvalue weighted by Gasteiger charge is -2.26. The van der Waals surface area contributed by atoms with Crippen LogP contribution in [0, 0.1) is 0 Å². The van der Waals surface area contributed by atoms with E-state index in [1.165, 1.54) is 0 Å². The highest BCUT2D eigenvalue weighted by atomic mass is 16.5. The van der Waals surface area contributed by atoms with Gasteiger partial charge in [0.1, 0.15) is 11.5 Å². The minimum atomic E-state index is -0.281. The molecule has 1 unspecified atom stereocenters. The maximum Gasteiger partial charge on any atom is 0.274 e. The summed E-state index contributed by atoms with van der Waals surface area (Å²) < 4.78 is 6.89. The summed E-state index contributed by atoms with van der Waals surface area (Å²) in [4.78, 5) is 33.2. The number of H-pyrrole nitrogens is 1. The smallest absolute Gasteiger partial charge is 0.274 e. The van der Waals surface area contributed by atoms with Crippen LogP contribution < -0.4 is 5.56 Å². The molecule has 1 fully saturated rings. The van der Waals surface area contributed by atoms with Gasteiger partial charge in [0.15, 0.2) is 0 Å². The molecule has 8 nitrogen and oxygen atoms in total. The van der Waals surface area contributed by atoms with Gasteiger partial charge in [0.2, 0.25) is 0 Å². The second kappa shape index (κ2) is 8.26. The molecule has 31 heavy (non-hydrogen) atoms. The maximum absolute atomic E-state index is 13.3. The fraction of sp³-hybridized carbons (Fsp3) is 0.478. The molecule has 3 aromatic rings. The predicted octanol–water partition coefficient (Wildman–Crippen LogP) is 3.04. The summed E-state index contributed by atoms with van der Waals surface area (Å²) in [7, 11) is 1.61. The highest BCUT2D eigenvalue weighted by Gasteiger charge is 2.35. The van der Waals surface area contributed by atoms with Crippen molar-refractivity contribution in [2.75, 3.05) is 20.3 Å². The van der Waals surface area contributed by atoms with Crippen molar-refractivity contribution in [2.45, 2.75) is 51.6 Å². The summed E-state index contributed by atoms with van der Waals surface area (Å²) >= 11 is 0. The molecule has 2 aromatic heterocycles. The fourth-order valence-corrected chi connectivity index (χ4v) is 4.08. The molecule has 0 bridgehead atoms. The average Bonchev–Trinajstić information content (AvgIpc) is 3.42. The number of methoxy groups -OCH3 is 1. The van der Waals surface area contributed by atoms with Crippen molar-refractivity contribution in [3.05, 3.63) is 57.9 Å². The standard InChI is InChI=1S/C23H29N5O3/c1-23(2,3)19-14-17(25-26-19)22(30)27-11-7-10-18(27)20-24-16-9-6-5-8-15(16)21(29)28(20)12-13-31-4/h5-6,8-9,14,18H,7,10-13H2,1-4H3,(H,25,26). The van der Waals surface area contributed by atoms with Crippen molar-refractivity contribution in [3.8, 4) is 0 Å². The van der Waals surface area contributed by atoms with Crippen LogP contribution in [0.15, 0.2) is 35.1 Å². The Morgan fingerprint density at radius 3 is 2.77 bits per heavy atom. The molecule has 0 saturated carbocycles. The number of nitrogens with one attached hydrogen (secondary N) is 1. The zero-order valence-corrected chi connectivity index (χ0v) is 18.5.